The summed E-state index contributed by atoms with van der Waals surface area (Å²) in [5.41, 5.74) is 5.30. The van der Waals surface area contributed by atoms with Gasteiger partial charge < -0.3 is 14.4 Å². The maximum Gasteiger partial charge on any atom is 0.306 e. The van der Waals surface area contributed by atoms with E-state index in [0.29, 0.717) is 31.9 Å². The zero-order valence-electron chi connectivity index (χ0n) is 21.0. The number of ether oxygens (including phenoxy) is 2. The molecule has 0 bridgehead atoms. The number of aromatic nitrogens is 1. The van der Waals surface area contributed by atoms with E-state index in [-0.39, 0.29) is 17.8 Å². The number of amides is 1. The Balaban J connectivity index is 1.49. The Morgan fingerprint density at radius 2 is 1.91 bits per heavy atom. The van der Waals surface area contributed by atoms with Crippen molar-refractivity contribution < 1.29 is 19.1 Å². The Morgan fingerprint density at radius 3 is 2.69 bits per heavy atom. The van der Waals surface area contributed by atoms with Crippen LogP contribution in [0.25, 0.3) is 22.0 Å². The summed E-state index contributed by atoms with van der Waals surface area (Å²) in [6.07, 6.45) is 1.53. The second-order valence-corrected chi connectivity index (χ2v) is 9.37. The average molecular weight is 475 g/mol. The van der Waals surface area contributed by atoms with Crippen LogP contribution in [-0.4, -0.2) is 47.6 Å². The number of piperidine rings is 1. The number of benzene rings is 2. The van der Waals surface area contributed by atoms with Crippen LogP contribution in [0.15, 0.2) is 48.5 Å². The van der Waals surface area contributed by atoms with E-state index in [2.05, 4.69) is 25.1 Å². The predicted octanol–water partition coefficient (Wildman–Crippen LogP) is 5.48. The van der Waals surface area contributed by atoms with Crippen LogP contribution in [-0.2, 0) is 14.3 Å². The van der Waals surface area contributed by atoms with E-state index >= 15 is 0 Å². The molecule has 6 nitrogen and oxygen atoms in total. The fraction of sp³-hybridized carbons (Fsp3) is 0.414. The van der Waals surface area contributed by atoms with Crippen LogP contribution in [0.5, 0.6) is 5.75 Å². The van der Waals surface area contributed by atoms with Gasteiger partial charge in [-0.05, 0) is 81.3 Å². The van der Waals surface area contributed by atoms with Crippen molar-refractivity contribution in [3.63, 3.8) is 0 Å². The van der Waals surface area contributed by atoms with Gasteiger partial charge >= 0.3 is 5.97 Å². The van der Waals surface area contributed by atoms with Crippen molar-refractivity contribution in [2.45, 2.75) is 53.1 Å². The minimum Gasteiger partial charge on any atom is -0.481 e. The van der Waals surface area contributed by atoms with Crippen molar-refractivity contribution in [1.82, 2.24) is 9.88 Å². The van der Waals surface area contributed by atoms with E-state index in [9.17, 15) is 9.59 Å². The number of esters is 1. The van der Waals surface area contributed by atoms with Crippen molar-refractivity contribution >= 4 is 22.8 Å². The summed E-state index contributed by atoms with van der Waals surface area (Å²) in [6.45, 7) is 9.31. The lowest BCUT2D eigenvalue weighted by atomic mass is 9.94. The molecule has 1 fully saturated rings. The summed E-state index contributed by atoms with van der Waals surface area (Å²) in [4.78, 5) is 31.5. The number of carbonyl (C=O) groups is 2. The second-order valence-electron chi connectivity index (χ2n) is 9.37. The normalized spacial score (nSPS) is 16.7. The highest BCUT2D eigenvalue weighted by atomic mass is 16.5. The van der Waals surface area contributed by atoms with Gasteiger partial charge in [-0.1, -0.05) is 24.3 Å². The quantitative estimate of drug-likeness (QED) is 0.424. The van der Waals surface area contributed by atoms with Gasteiger partial charge in [-0.15, -0.1) is 0 Å². The van der Waals surface area contributed by atoms with Gasteiger partial charge in [0.1, 0.15) is 5.75 Å². The highest BCUT2D eigenvalue weighted by Gasteiger charge is 2.29. The van der Waals surface area contributed by atoms with E-state index in [1.807, 2.05) is 42.2 Å². The number of hydrogen-bond donors (Lipinski definition) is 0. The van der Waals surface area contributed by atoms with Crippen LogP contribution in [0, 0.1) is 19.8 Å². The summed E-state index contributed by atoms with van der Waals surface area (Å²) in [5.74, 6) is 0.496. The third-order valence-corrected chi connectivity index (χ3v) is 6.60. The molecule has 0 radical (unpaired) electrons. The van der Waals surface area contributed by atoms with Crippen LogP contribution in [0.4, 0.5) is 0 Å². The highest BCUT2D eigenvalue weighted by molar-refractivity contribution is 5.96. The fourth-order valence-electron chi connectivity index (χ4n) is 4.91. The lowest BCUT2D eigenvalue weighted by Crippen LogP contribution is -2.46. The molecule has 6 heteroatoms. The highest BCUT2D eigenvalue weighted by Crippen LogP contribution is 2.33. The molecule has 2 atom stereocenters. The van der Waals surface area contributed by atoms with Crippen molar-refractivity contribution in [1.29, 1.82) is 0 Å². The topological polar surface area (TPSA) is 68.7 Å². The molecule has 4 rings (SSSR count). The average Bonchev–Trinajstić information content (AvgIpc) is 2.83. The third-order valence-electron chi connectivity index (χ3n) is 6.60. The predicted molar refractivity (Wildman–Crippen MR) is 137 cm³/mol. The van der Waals surface area contributed by atoms with Gasteiger partial charge in [0.25, 0.3) is 5.91 Å². The monoisotopic (exact) mass is 474 g/mol. The van der Waals surface area contributed by atoms with E-state index < -0.39 is 6.10 Å². The van der Waals surface area contributed by atoms with Crippen LogP contribution < -0.4 is 4.74 Å². The molecule has 1 unspecified atom stereocenters. The van der Waals surface area contributed by atoms with Crippen molar-refractivity contribution in [3.05, 3.63) is 59.8 Å². The molecule has 1 saturated heterocycles. The lowest BCUT2D eigenvalue weighted by Gasteiger charge is -2.34. The van der Waals surface area contributed by atoms with Gasteiger partial charge in [0.05, 0.1) is 18.5 Å². The van der Waals surface area contributed by atoms with Gasteiger partial charge in [0.15, 0.2) is 6.10 Å². The molecule has 1 amide bonds. The molecule has 1 aliphatic heterocycles. The maximum atomic E-state index is 13.1. The Morgan fingerprint density at radius 1 is 1.11 bits per heavy atom. The van der Waals surface area contributed by atoms with E-state index in [1.54, 1.807) is 13.8 Å². The first-order valence-corrected chi connectivity index (χ1v) is 12.4. The summed E-state index contributed by atoms with van der Waals surface area (Å²) < 4.78 is 11.2. The number of aryl methyl sites for hydroxylation is 2. The number of rotatable bonds is 7. The van der Waals surface area contributed by atoms with E-state index in [0.717, 1.165) is 35.0 Å². The molecule has 0 spiro atoms. The fourth-order valence-corrected chi connectivity index (χ4v) is 4.91. The first kappa shape index (κ1) is 24.7. The van der Waals surface area contributed by atoms with Gasteiger partial charge in [0.2, 0.25) is 0 Å². The van der Waals surface area contributed by atoms with E-state index in [4.69, 9.17) is 14.5 Å². The molecule has 0 saturated carbocycles. The summed E-state index contributed by atoms with van der Waals surface area (Å²) in [5, 5.41) is 1.05. The first-order chi connectivity index (χ1) is 16.9. The van der Waals surface area contributed by atoms with Crippen LogP contribution in [0.3, 0.4) is 0 Å². The Labute approximate surface area is 207 Å². The van der Waals surface area contributed by atoms with Gasteiger partial charge in [-0.25, -0.2) is 0 Å². The first-order valence-electron chi connectivity index (χ1n) is 12.4. The smallest absolute Gasteiger partial charge is 0.306 e. The van der Waals surface area contributed by atoms with Crippen molar-refractivity contribution in [2.75, 3.05) is 19.7 Å². The number of carbonyl (C=O) groups excluding carboxylic acids is 2. The second kappa shape index (κ2) is 10.9. The zero-order valence-corrected chi connectivity index (χ0v) is 21.0. The zero-order chi connectivity index (χ0) is 24.9. The Kier molecular flexibility index (Phi) is 7.69. The number of pyridine rings is 1. The van der Waals surface area contributed by atoms with Crippen LogP contribution >= 0.6 is 0 Å². The van der Waals surface area contributed by atoms with E-state index in [1.165, 1.54) is 11.1 Å². The molecule has 184 valence electrons. The summed E-state index contributed by atoms with van der Waals surface area (Å²) in [7, 11) is 0. The molecule has 0 N–H and O–H groups in total. The van der Waals surface area contributed by atoms with Crippen molar-refractivity contribution in [3.8, 4) is 16.9 Å². The van der Waals surface area contributed by atoms with Crippen LogP contribution in [0.2, 0.25) is 0 Å². The molecule has 1 aromatic heterocycles. The van der Waals surface area contributed by atoms with Gasteiger partial charge in [-0.2, -0.15) is 0 Å². The standard InChI is InChI=1S/C29H34N2O4/c1-5-34-28(32)16-22-10-8-14-31(18-22)29(33)21(4)35-23-12-13-25-26(15-20(3)30-27(25)17-23)24-11-7-6-9-19(24)2/h6-7,9,11-13,15,17,21-22H,5,8,10,14,16,18H2,1-4H3/t21?,22-/m1/s1. The minimum absolute atomic E-state index is 0.0588. The Bertz CT molecular complexity index is 1220. The molecule has 35 heavy (non-hydrogen) atoms. The molecule has 0 aliphatic carbocycles. The van der Waals surface area contributed by atoms with Gasteiger partial charge in [-0.3, -0.25) is 14.6 Å². The molecular weight excluding hydrogens is 440 g/mol. The number of fused-ring (bicyclic) bond motifs is 1. The van der Waals surface area contributed by atoms with Crippen molar-refractivity contribution in [2.24, 2.45) is 5.92 Å². The van der Waals surface area contributed by atoms with Crippen LogP contribution in [0.1, 0.15) is 44.4 Å². The van der Waals surface area contributed by atoms with Gasteiger partial charge in [0, 0.05) is 30.2 Å². The Hall–Kier alpha value is -3.41. The maximum absolute atomic E-state index is 13.1. The summed E-state index contributed by atoms with van der Waals surface area (Å²) >= 11 is 0. The lowest BCUT2D eigenvalue weighted by molar-refractivity contribution is -0.147. The SMILES string of the molecule is CCOC(=O)C[C@H]1CCCN(C(=O)C(C)Oc2ccc3c(-c4ccccc4C)cc(C)nc3c2)C1. The number of hydrogen-bond acceptors (Lipinski definition) is 5. The minimum atomic E-state index is -0.630. The molecule has 2 heterocycles. The molecule has 2 aromatic carbocycles. The number of likely N-dealkylation sites (tertiary alicyclic amines) is 1. The molecule has 3 aromatic rings. The molecular formula is C29H34N2O4. The third kappa shape index (κ3) is 5.81. The summed E-state index contributed by atoms with van der Waals surface area (Å²) in [6, 6.07) is 16.3. The molecule has 1 aliphatic rings. The number of nitrogens with zero attached hydrogens (tertiary/aromatic N) is 2. The largest absolute Gasteiger partial charge is 0.481 e.